The Morgan fingerprint density at radius 2 is 1.93 bits per heavy atom. The van der Waals surface area contributed by atoms with Gasteiger partial charge in [-0.1, -0.05) is 23.8 Å². The molecule has 3 rings (SSSR count). The number of aromatic nitrogens is 2. The number of phenolic OH excluding ortho intramolecular Hbond substituents is 2. The molecule has 0 amide bonds. The van der Waals surface area contributed by atoms with Gasteiger partial charge in [0.2, 0.25) is 0 Å². The van der Waals surface area contributed by atoms with E-state index in [1.165, 1.54) is 5.57 Å². The third-order valence-electron chi connectivity index (χ3n) is 5.58. The van der Waals surface area contributed by atoms with Crippen LogP contribution in [0.15, 0.2) is 42.1 Å². The van der Waals surface area contributed by atoms with Crippen LogP contribution in [0.3, 0.4) is 0 Å². The van der Waals surface area contributed by atoms with Crippen LogP contribution in [0.4, 0.5) is 0 Å². The van der Waals surface area contributed by atoms with Crippen molar-refractivity contribution in [2.45, 2.75) is 46.1 Å². The Hall–Kier alpha value is -2.53. The summed E-state index contributed by atoms with van der Waals surface area (Å²) in [4.78, 5) is 0. The Morgan fingerprint density at radius 3 is 2.52 bits per heavy atom. The van der Waals surface area contributed by atoms with E-state index in [9.17, 15) is 10.2 Å². The first kappa shape index (κ1) is 19.2. The third-order valence-corrected chi connectivity index (χ3v) is 5.58. The second kappa shape index (κ2) is 7.61. The number of phenols is 2. The molecule has 2 aromatic rings. The predicted molar refractivity (Wildman–Crippen MR) is 107 cm³/mol. The number of allylic oxidation sites excluding steroid dienone is 3. The molecule has 0 unspecified atom stereocenters. The first-order chi connectivity index (χ1) is 12.8. The smallest absolute Gasteiger partial charge is 0.123 e. The molecule has 0 saturated heterocycles. The van der Waals surface area contributed by atoms with Crippen molar-refractivity contribution in [2.24, 2.45) is 5.92 Å². The molecule has 5 heteroatoms. The maximum atomic E-state index is 10.8. The molecule has 0 saturated carbocycles. The van der Waals surface area contributed by atoms with E-state index in [-0.39, 0.29) is 29.9 Å². The van der Waals surface area contributed by atoms with Gasteiger partial charge in [0.15, 0.2) is 0 Å². The molecule has 5 nitrogen and oxygen atoms in total. The van der Waals surface area contributed by atoms with Crippen LogP contribution in [0.1, 0.15) is 43.9 Å². The van der Waals surface area contributed by atoms with Crippen LogP contribution < -0.4 is 0 Å². The number of benzene rings is 1. The summed E-state index contributed by atoms with van der Waals surface area (Å²) in [6.07, 6.45) is 5.81. The summed E-state index contributed by atoms with van der Waals surface area (Å²) in [6, 6.07) is 3.38. The molecule has 1 heterocycles. The summed E-state index contributed by atoms with van der Waals surface area (Å²) >= 11 is 0. The fourth-order valence-corrected chi connectivity index (χ4v) is 4.08. The molecule has 0 fully saturated rings. The van der Waals surface area contributed by atoms with Crippen molar-refractivity contribution < 1.29 is 15.3 Å². The summed E-state index contributed by atoms with van der Waals surface area (Å²) in [5, 5.41) is 35.0. The zero-order chi connectivity index (χ0) is 19.7. The van der Waals surface area contributed by atoms with Crippen molar-refractivity contribution >= 4 is 0 Å². The first-order valence-corrected chi connectivity index (χ1v) is 9.35. The third kappa shape index (κ3) is 3.65. The molecule has 0 bridgehead atoms. The average Bonchev–Trinajstić information content (AvgIpc) is 2.95. The summed E-state index contributed by atoms with van der Waals surface area (Å²) in [6.45, 7) is 10.5. The van der Waals surface area contributed by atoms with Crippen LogP contribution >= 0.6 is 0 Å². The molecular weight excluding hydrogens is 340 g/mol. The normalized spacial score (nSPS) is 19.8. The standard InChI is InChI=1S/C22H28N2O3/c1-13(2)17-6-5-14(3)9-18(17)22-20(26)10-16(11-21(22)27)19-12-23-24(7-8-25)15(19)4/h9-12,17-18,25-27H,1,5-8H2,2-4H3/t17-,18+/m0/s1. The van der Waals surface area contributed by atoms with Gasteiger partial charge in [-0.15, -0.1) is 0 Å². The molecule has 144 valence electrons. The fraction of sp³-hybridized carbons (Fsp3) is 0.409. The van der Waals surface area contributed by atoms with Crippen LogP contribution in [-0.2, 0) is 6.54 Å². The lowest BCUT2D eigenvalue weighted by Crippen LogP contribution is -2.17. The Balaban J connectivity index is 2.05. The van der Waals surface area contributed by atoms with E-state index in [4.69, 9.17) is 5.11 Å². The van der Waals surface area contributed by atoms with Gasteiger partial charge in [0.25, 0.3) is 0 Å². The van der Waals surface area contributed by atoms with Crippen molar-refractivity contribution in [3.63, 3.8) is 0 Å². The van der Waals surface area contributed by atoms with Crippen molar-refractivity contribution in [3.05, 3.63) is 53.4 Å². The Morgan fingerprint density at radius 1 is 1.26 bits per heavy atom. The zero-order valence-electron chi connectivity index (χ0n) is 16.2. The number of hydrogen-bond donors (Lipinski definition) is 3. The van der Waals surface area contributed by atoms with Gasteiger partial charge in [-0.05, 0) is 57.2 Å². The largest absolute Gasteiger partial charge is 0.507 e. The maximum Gasteiger partial charge on any atom is 0.123 e. The quantitative estimate of drug-likeness (QED) is 0.689. The molecule has 1 aliphatic carbocycles. The molecule has 0 radical (unpaired) electrons. The molecule has 0 spiro atoms. The van der Waals surface area contributed by atoms with Crippen LogP contribution in [0, 0.1) is 12.8 Å². The highest BCUT2D eigenvalue weighted by atomic mass is 16.3. The maximum absolute atomic E-state index is 10.8. The van der Waals surface area contributed by atoms with Crippen molar-refractivity contribution in [1.29, 1.82) is 0 Å². The molecule has 1 aromatic heterocycles. The van der Waals surface area contributed by atoms with Crippen molar-refractivity contribution in [2.75, 3.05) is 6.61 Å². The molecule has 27 heavy (non-hydrogen) atoms. The molecule has 1 aromatic carbocycles. The number of aliphatic hydroxyl groups is 1. The summed E-state index contributed by atoms with van der Waals surface area (Å²) < 4.78 is 1.71. The van der Waals surface area contributed by atoms with Crippen LogP contribution in [-0.4, -0.2) is 31.7 Å². The summed E-state index contributed by atoms with van der Waals surface area (Å²) in [5.41, 5.74) is 5.30. The van der Waals surface area contributed by atoms with Gasteiger partial charge in [-0.25, -0.2) is 0 Å². The zero-order valence-corrected chi connectivity index (χ0v) is 16.2. The van der Waals surface area contributed by atoms with Crippen LogP contribution in [0.25, 0.3) is 11.1 Å². The van der Waals surface area contributed by atoms with E-state index < -0.39 is 0 Å². The highest BCUT2D eigenvalue weighted by molar-refractivity contribution is 5.71. The van der Waals surface area contributed by atoms with Gasteiger partial charge in [-0.2, -0.15) is 5.10 Å². The van der Waals surface area contributed by atoms with E-state index in [1.807, 2.05) is 13.8 Å². The lowest BCUT2D eigenvalue weighted by Gasteiger charge is -2.31. The Kier molecular flexibility index (Phi) is 5.42. The van der Waals surface area contributed by atoms with E-state index in [1.54, 1.807) is 23.0 Å². The van der Waals surface area contributed by atoms with Crippen LogP contribution in [0.5, 0.6) is 11.5 Å². The number of aliphatic hydroxyl groups excluding tert-OH is 1. The average molecular weight is 368 g/mol. The van der Waals surface area contributed by atoms with E-state index in [0.29, 0.717) is 17.7 Å². The number of hydrogen-bond acceptors (Lipinski definition) is 4. The lowest BCUT2D eigenvalue weighted by molar-refractivity contribution is 0.268. The van der Waals surface area contributed by atoms with E-state index >= 15 is 0 Å². The SMILES string of the molecule is C=C(C)[C@@H]1CCC(C)=C[C@H]1c1c(O)cc(-c2cnn(CCO)c2C)cc1O. The van der Waals surface area contributed by atoms with Gasteiger partial charge in [-0.3, -0.25) is 4.68 Å². The Labute approximate surface area is 160 Å². The van der Waals surface area contributed by atoms with Crippen molar-refractivity contribution in [3.8, 4) is 22.6 Å². The minimum Gasteiger partial charge on any atom is -0.507 e. The lowest BCUT2D eigenvalue weighted by atomic mass is 9.73. The number of aromatic hydroxyl groups is 2. The molecule has 3 N–H and O–H groups in total. The topological polar surface area (TPSA) is 78.5 Å². The van der Waals surface area contributed by atoms with E-state index in [0.717, 1.165) is 29.7 Å². The first-order valence-electron chi connectivity index (χ1n) is 9.35. The fourth-order valence-electron chi connectivity index (χ4n) is 4.08. The highest BCUT2D eigenvalue weighted by Gasteiger charge is 2.30. The van der Waals surface area contributed by atoms with Crippen molar-refractivity contribution in [1.82, 2.24) is 9.78 Å². The second-order valence-corrected chi connectivity index (χ2v) is 7.55. The molecule has 0 aliphatic heterocycles. The van der Waals surface area contributed by atoms with Crippen LogP contribution in [0.2, 0.25) is 0 Å². The van der Waals surface area contributed by atoms with Gasteiger partial charge in [0.05, 0.1) is 19.3 Å². The molecule has 1 aliphatic rings. The Bertz CT molecular complexity index is 872. The minimum absolute atomic E-state index is 0.00700. The predicted octanol–water partition coefficient (Wildman–Crippen LogP) is 4.28. The number of rotatable bonds is 5. The van der Waals surface area contributed by atoms with E-state index in [2.05, 4.69) is 24.7 Å². The second-order valence-electron chi connectivity index (χ2n) is 7.55. The minimum atomic E-state index is -0.0801. The van der Waals surface area contributed by atoms with Gasteiger partial charge >= 0.3 is 0 Å². The van der Waals surface area contributed by atoms with Gasteiger partial charge in [0, 0.05) is 22.7 Å². The summed E-state index contributed by atoms with van der Waals surface area (Å²) in [7, 11) is 0. The monoisotopic (exact) mass is 368 g/mol. The molecule has 2 atom stereocenters. The molecular formula is C22H28N2O3. The highest BCUT2D eigenvalue weighted by Crippen LogP contribution is 2.47. The van der Waals surface area contributed by atoms with Gasteiger partial charge in [0.1, 0.15) is 11.5 Å². The van der Waals surface area contributed by atoms with Gasteiger partial charge < -0.3 is 15.3 Å². The summed E-state index contributed by atoms with van der Waals surface area (Å²) in [5.74, 6) is 0.289. The number of nitrogens with zero attached hydrogens (tertiary/aromatic N) is 2.